The Balaban J connectivity index is 2.90. The van der Waals surface area contributed by atoms with E-state index < -0.39 is 16.1 Å². The van der Waals surface area contributed by atoms with Gasteiger partial charge in [0.1, 0.15) is 5.75 Å². The summed E-state index contributed by atoms with van der Waals surface area (Å²) in [5.74, 6) is 0.285. The SMILES string of the molecule is CCOc1ccc(S(=O)(=O)N[C@@H](C)C(=O)NC(C)C)cc1C. The van der Waals surface area contributed by atoms with Gasteiger partial charge in [0.15, 0.2) is 0 Å². The van der Waals surface area contributed by atoms with E-state index in [1.807, 2.05) is 20.8 Å². The second kappa shape index (κ2) is 7.60. The lowest BCUT2D eigenvalue weighted by molar-refractivity contribution is -0.122. The second-order valence-electron chi connectivity index (χ2n) is 5.37. The maximum Gasteiger partial charge on any atom is 0.241 e. The number of hydrogen-bond acceptors (Lipinski definition) is 4. The third kappa shape index (κ3) is 4.99. The van der Waals surface area contributed by atoms with Crippen LogP contribution in [0, 0.1) is 6.92 Å². The zero-order valence-corrected chi connectivity index (χ0v) is 14.5. The first-order chi connectivity index (χ1) is 10.2. The lowest BCUT2D eigenvalue weighted by atomic mass is 10.2. The topological polar surface area (TPSA) is 84.5 Å². The molecule has 1 rings (SSSR count). The van der Waals surface area contributed by atoms with Gasteiger partial charge >= 0.3 is 0 Å². The zero-order chi connectivity index (χ0) is 16.9. The molecule has 0 saturated heterocycles. The Labute approximate surface area is 132 Å². The normalized spacial score (nSPS) is 13.0. The maximum absolute atomic E-state index is 12.3. The van der Waals surface area contributed by atoms with Crippen molar-refractivity contribution < 1.29 is 17.9 Å². The van der Waals surface area contributed by atoms with Crippen LogP contribution in [0.5, 0.6) is 5.75 Å². The van der Waals surface area contributed by atoms with E-state index in [-0.39, 0.29) is 16.8 Å². The third-order valence-electron chi connectivity index (χ3n) is 2.91. The number of amides is 1. The fourth-order valence-electron chi connectivity index (χ4n) is 1.87. The van der Waals surface area contributed by atoms with E-state index in [1.54, 1.807) is 13.0 Å². The van der Waals surface area contributed by atoms with Crippen molar-refractivity contribution in [1.29, 1.82) is 0 Å². The Kier molecular flexibility index (Phi) is 6.37. The molecule has 0 radical (unpaired) electrons. The lowest BCUT2D eigenvalue weighted by Crippen LogP contribution is -2.46. The Morgan fingerprint density at radius 1 is 1.27 bits per heavy atom. The number of ether oxygens (including phenoxy) is 1. The van der Waals surface area contributed by atoms with Crippen LogP contribution in [0.25, 0.3) is 0 Å². The van der Waals surface area contributed by atoms with Gasteiger partial charge in [0.2, 0.25) is 15.9 Å². The van der Waals surface area contributed by atoms with Crippen LogP contribution in [0.2, 0.25) is 0 Å². The molecule has 124 valence electrons. The monoisotopic (exact) mass is 328 g/mol. The summed E-state index contributed by atoms with van der Waals surface area (Å²) in [5.41, 5.74) is 0.726. The minimum atomic E-state index is -3.76. The fourth-order valence-corrected chi connectivity index (χ4v) is 3.16. The first kappa shape index (κ1) is 18.4. The average Bonchev–Trinajstić information content (AvgIpc) is 2.39. The molecule has 7 heteroatoms. The van der Waals surface area contributed by atoms with E-state index in [0.717, 1.165) is 5.56 Å². The van der Waals surface area contributed by atoms with Gasteiger partial charge in [-0.1, -0.05) is 0 Å². The molecule has 6 nitrogen and oxygen atoms in total. The van der Waals surface area contributed by atoms with Crippen molar-refractivity contribution in [1.82, 2.24) is 10.0 Å². The van der Waals surface area contributed by atoms with E-state index in [2.05, 4.69) is 10.0 Å². The number of carbonyl (C=O) groups is 1. The quantitative estimate of drug-likeness (QED) is 0.796. The number of aryl methyl sites for hydroxylation is 1. The molecule has 0 fully saturated rings. The largest absolute Gasteiger partial charge is 0.494 e. The van der Waals surface area contributed by atoms with Crippen molar-refractivity contribution in [3.05, 3.63) is 23.8 Å². The summed E-state index contributed by atoms with van der Waals surface area (Å²) >= 11 is 0. The summed E-state index contributed by atoms with van der Waals surface area (Å²) in [6.07, 6.45) is 0. The van der Waals surface area contributed by atoms with Crippen LogP contribution < -0.4 is 14.8 Å². The molecular weight excluding hydrogens is 304 g/mol. The van der Waals surface area contributed by atoms with E-state index in [9.17, 15) is 13.2 Å². The number of nitrogens with one attached hydrogen (secondary N) is 2. The Hall–Kier alpha value is -1.60. The first-order valence-electron chi connectivity index (χ1n) is 7.23. The molecule has 1 aromatic rings. The van der Waals surface area contributed by atoms with Gasteiger partial charge in [-0.3, -0.25) is 4.79 Å². The van der Waals surface area contributed by atoms with Gasteiger partial charge in [-0.05, 0) is 58.4 Å². The summed E-state index contributed by atoms with van der Waals surface area (Å²) in [5, 5.41) is 2.67. The van der Waals surface area contributed by atoms with Crippen molar-refractivity contribution in [3.63, 3.8) is 0 Å². The summed E-state index contributed by atoms with van der Waals surface area (Å²) in [6.45, 7) is 9.29. The van der Waals surface area contributed by atoms with Gasteiger partial charge in [-0.15, -0.1) is 0 Å². The molecule has 0 unspecified atom stereocenters. The fraction of sp³-hybridized carbons (Fsp3) is 0.533. The van der Waals surface area contributed by atoms with E-state index in [0.29, 0.717) is 12.4 Å². The molecule has 1 aromatic carbocycles. The molecule has 0 spiro atoms. The maximum atomic E-state index is 12.3. The molecule has 22 heavy (non-hydrogen) atoms. The summed E-state index contributed by atoms with van der Waals surface area (Å²) < 4.78 is 32.4. The van der Waals surface area contributed by atoms with E-state index in [1.165, 1.54) is 19.1 Å². The van der Waals surface area contributed by atoms with Crippen LogP contribution in [0.15, 0.2) is 23.1 Å². The van der Waals surface area contributed by atoms with Crippen LogP contribution >= 0.6 is 0 Å². The van der Waals surface area contributed by atoms with Gasteiger partial charge in [-0.2, -0.15) is 4.72 Å². The third-order valence-corrected chi connectivity index (χ3v) is 4.45. The van der Waals surface area contributed by atoms with Crippen molar-refractivity contribution in [2.24, 2.45) is 0 Å². The molecule has 2 N–H and O–H groups in total. The number of hydrogen-bond donors (Lipinski definition) is 2. The smallest absolute Gasteiger partial charge is 0.241 e. The highest BCUT2D eigenvalue weighted by Crippen LogP contribution is 2.21. The van der Waals surface area contributed by atoms with Crippen LogP contribution in [0.3, 0.4) is 0 Å². The highest BCUT2D eigenvalue weighted by atomic mass is 32.2. The molecule has 0 aliphatic carbocycles. The summed E-state index contributed by atoms with van der Waals surface area (Å²) in [6, 6.07) is 3.71. The van der Waals surface area contributed by atoms with Gasteiger partial charge in [-0.25, -0.2) is 8.42 Å². The van der Waals surface area contributed by atoms with Crippen molar-refractivity contribution in [3.8, 4) is 5.75 Å². The van der Waals surface area contributed by atoms with E-state index in [4.69, 9.17) is 4.74 Å². The van der Waals surface area contributed by atoms with Gasteiger partial charge in [0, 0.05) is 6.04 Å². The molecule has 1 amide bonds. The van der Waals surface area contributed by atoms with Gasteiger partial charge in [0.05, 0.1) is 17.5 Å². The van der Waals surface area contributed by atoms with E-state index >= 15 is 0 Å². The minimum absolute atomic E-state index is 0.0489. The molecular formula is C15H24N2O4S. The zero-order valence-electron chi connectivity index (χ0n) is 13.6. The summed E-state index contributed by atoms with van der Waals surface area (Å²) in [4.78, 5) is 11.9. The van der Waals surface area contributed by atoms with Crippen LogP contribution in [-0.2, 0) is 14.8 Å². The van der Waals surface area contributed by atoms with Crippen LogP contribution in [-0.4, -0.2) is 33.0 Å². The van der Waals surface area contributed by atoms with Crippen molar-refractivity contribution in [2.75, 3.05) is 6.61 Å². The first-order valence-corrected chi connectivity index (χ1v) is 8.71. The highest BCUT2D eigenvalue weighted by molar-refractivity contribution is 7.89. The minimum Gasteiger partial charge on any atom is -0.494 e. The Bertz CT molecular complexity index is 626. The van der Waals surface area contributed by atoms with Gasteiger partial charge in [0.25, 0.3) is 0 Å². The predicted molar refractivity (Wildman–Crippen MR) is 85.4 cm³/mol. The molecule has 0 heterocycles. The second-order valence-corrected chi connectivity index (χ2v) is 7.08. The highest BCUT2D eigenvalue weighted by Gasteiger charge is 2.22. The van der Waals surface area contributed by atoms with Crippen LogP contribution in [0.1, 0.15) is 33.3 Å². The van der Waals surface area contributed by atoms with Crippen molar-refractivity contribution >= 4 is 15.9 Å². The standard InChI is InChI=1S/C15H24N2O4S/c1-6-21-14-8-7-13(9-11(14)4)22(19,20)17-12(5)15(18)16-10(2)3/h7-10,12,17H,6H2,1-5H3,(H,16,18)/t12-/m0/s1. The number of benzene rings is 1. The lowest BCUT2D eigenvalue weighted by Gasteiger charge is -2.16. The molecule has 0 aliphatic rings. The average molecular weight is 328 g/mol. The Morgan fingerprint density at radius 3 is 2.41 bits per heavy atom. The Morgan fingerprint density at radius 2 is 1.91 bits per heavy atom. The number of carbonyl (C=O) groups excluding carboxylic acids is 1. The number of sulfonamides is 1. The molecule has 0 aromatic heterocycles. The molecule has 0 bridgehead atoms. The summed E-state index contributed by atoms with van der Waals surface area (Å²) in [7, 11) is -3.76. The van der Waals surface area contributed by atoms with Gasteiger partial charge < -0.3 is 10.1 Å². The number of rotatable bonds is 7. The molecule has 0 saturated carbocycles. The molecule has 0 aliphatic heterocycles. The predicted octanol–water partition coefficient (Wildman–Crippen LogP) is 1.59. The van der Waals surface area contributed by atoms with Crippen molar-refractivity contribution in [2.45, 2.75) is 51.6 Å². The van der Waals surface area contributed by atoms with Crippen LogP contribution in [0.4, 0.5) is 0 Å². The molecule has 1 atom stereocenters.